The maximum Gasteiger partial charge on any atom is 0.243 e. The lowest BCUT2D eigenvalue weighted by atomic mass is 9.83. The van der Waals surface area contributed by atoms with Crippen LogP contribution < -0.4 is 5.32 Å². The summed E-state index contributed by atoms with van der Waals surface area (Å²) >= 11 is 0. The molecule has 0 bridgehead atoms. The lowest BCUT2D eigenvalue weighted by molar-refractivity contribution is 0.302. The zero-order valence-electron chi connectivity index (χ0n) is 9.76. The molecule has 0 aliphatic heterocycles. The molecule has 17 heavy (non-hydrogen) atoms. The average molecular weight is 228 g/mol. The molecule has 0 spiro atoms. The number of hydrogen-bond acceptors (Lipinski definition) is 4. The summed E-state index contributed by atoms with van der Waals surface area (Å²) in [4.78, 5) is 4.43. The second kappa shape index (κ2) is 4.65. The van der Waals surface area contributed by atoms with E-state index in [1.54, 1.807) is 0 Å². The van der Waals surface area contributed by atoms with Gasteiger partial charge in [0, 0.05) is 6.54 Å². The number of fused-ring (bicyclic) bond motifs is 1. The fraction of sp³-hybridized carbons (Fsp3) is 0.462. The van der Waals surface area contributed by atoms with Crippen molar-refractivity contribution < 1.29 is 0 Å². The number of hydrogen-bond donors (Lipinski definition) is 1. The first-order valence-electron chi connectivity index (χ1n) is 6.25. The number of nitrogens with zero attached hydrogens (tertiary/aromatic N) is 3. The van der Waals surface area contributed by atoms with Gasteiger partial charge >= 0.3 is 0 Å². The van der Waals surface area contributed by atoms with E-state index in [1.807, 2.05) is 24.3 Å². The van der Waals surface area contributed by atoms with Gasteiger partial charge in [-0.25, -0.2) is 4.98 Å². The van der Waals surface area contributed by atoms with Crippen LogP contribution in [0.25, 0.3) is 11.0 Å². The molecule has 1 saturated carbocycles. The van der Waals surface area contributed by atoms with Crippen molar-refractivity contribution in [3.63, 3.8) is 0 Å². The number of rotatable bonds is 4. The predicted molar refractivity (Wildman–Crippen MR) is 67.8 cm³/mol. The molecule has 1 aromatic carbocycles. The van der Waals surface area contributed by atoms with E-state index >= 15 is 0 Å². The summed E-state index contributed by atoms with van der Waals surface area (Å²) in [6, 6.07) is 7.80. The van der Waals surface area contributed by atoms with E-state index in [2.05, 4.69) is 20.5 Å². The van der Waals surface area contributed by atoms with Gasteiger partial charge in [0.2, 0.25) is 5.95 Å². The summed E-state index contributed by atoms with van der Waals surface area (Å²) < 4.78 is 0. The van der Waals surface area contributed by atoms with Crippen molar-refractivity contribution in [1.29, 1.82) is 0 Å². The number of nitrogens with one attached hydrogen (secondary N) is 1. The second-order valence-electron chi connectivity index (χ2n) is 4.64. The van der Waals surface area contributed by atoms with Gasteiger partial charge in [0.1, 0.15) is 5.52 Å². The summed E-state index contributed by atoms with van der Waals surface area (Å²) in [6.07, 6.45) is 5.39. The number of benzene rings is 1. The van der Waals surface area contributed by atoms with Crippen molar-refractivity contribution in [2.24, 2.45) is 5.92 Å². The smallest absolute Gasteiger partial charge is 0.243 e. The molecule has 2 aromatic rings. The zero-order chi connectivity index (χ0) is 11.5. The third-order valence-corrected chi connectivity index (χ3v) is 3.42. The fourth-order valence-electron chi connectivity index (χ4n) is 2.13. The molecule has 3 rings (SSSR count). The molecule has 0 saturated heterocycles. The van der Waals surface area contributed by atoms with Crippen molar-refractivity contribution >= 4 is 17.0 Å². The third-order valence-electron chi connectivity index (χ3n) is 3.42. The summed E-state index contributed by atoms with van der Waals surface area (Å²) in [5.74, 6) is 1.55. The van der Waals surface area contributed by atoms with Crippen LogP contribution in [0.4, 0.5) is 5.95 Å². The maximum atomic E-state index is 4.43. The molecule has 0 unspecified atom stereocenters. The Morgan fingerprint density at radius 2 is 1.94 bits per heavy atom. The highest BCUT2D eigenvalue weighted by molar-refractivity contribution is 5.73. The topological polar surface area (TPSA) is 50.7 Å². The van der Waals surface area contributed by atoms with Crippen molar-refractivity contribution in [2.75, 3.05) is 11.9 Å². The molecule has 1 fully saturated rings. The van der Waals surface area contributed by atoms with Crippen LogP contribution in [0.5, 0.6) is 0 Å². The number of anilines is 1. The van der Waals surface area contributed by atoms with Crippen molar-refractivity contribution in [1.82, 2.24) is 15.2 Å². The lowest BCUT2D eigenvalue weighted by Gasteiger charge is -2.24. The van der Waals surface area contributed by atoms with Crippen molar-refractivity contribution in [3.05, 3.63) is 24.3 Å². The highest BCUT2D eigenvalue weighted by Gasteiger charge is 2.16. The molecule has 1 N–H and O–H groups in total. The second-order valence-corrected chi connectivity index (χ2v) is 4.64. The van der Waals surface area contributed by atoms with Crippen LogP contribution in [-0.2, 0) is 0 Å². The molecule has 1 aromatic heterocycles. The van der Waals surface area contributed by atoms with Gasteiger partial charge in [-0.05, 0) is 24.5 Å². The third kappa shape index (κ3) is 2.35. The van der Waals surface area contributed by atoms with Crippen LogP contribution in [-0.4, -0.2) is 21.7 Å². The van der Waals surface area contributed by atoms with Crippen molar-refractivity contribution in [2.45, 2.75) is 25.7 Å². The van der Waals surface area contributed by atoms with E-state index in [0.29, 0.717) is 5.95 Å². The van der Waals surface area contributed by atoms with E-state index in [9.17, 15) is 0 Å². The molecule has 1 aliphatic rings. The van der Waals surface area contributed by atoms with Gasteiger partial charge in [-0.3, -0.25) is 0 Å². The van der Waals surface area contributed by atoms with Gasteiger partial charge < -0.3 is 5.32 Å². The quantitative estimate of drug-likeness (QED) is 0.874. The first-order chi connectivity index (χ1) is 8.42. The standard InChI is InChI=1S/C13H16N4/c1-2-7-12-11(6-1)15-13(17-16-12)14-9-8-10-4-3-5-10/h1-2,6-7,10H,3-5,8-9H2,(H,14,15,17). The molecule has 1 heterocycles. The Labute approximate surface area is 100 Å². The molecule has 1 aliphatic carbocycles. The van der Waals surface area contributed by atoms with Crippen LogP contribution in [0.1, 0.15) is 25.7 Å². The Morgan fingerprint density at radius 1 is 1.12 bits per heavy atom. The van der Waals surface area contributed by atoms with Crippen LogP contribution in [0.15, 0.2) is 24.3 Å². The van der Waals surface area contributed by atoms with Crippen molar-refractivity contribution in [3.8, 4) is 0 Å². The van der Waals surface area contributed by atoms with Gasteiger partial charge in [-0.1, -0.05) is 31.4 Å². The van der Waals surface area contributed by atoms with Gasteiger partial charge in [-0.2, -0.15) is 0 Å². The molecular formula is C13H16N4. The molecular weight excluding hydrogens is 212 g/mol. The molecule has 0 radical (unpaired) electrons. The molecule has 0 atom stereocenters. The van der Waals surface area contributed by atoms with Gasteiger partial charge in [0.15, 0.2) is 0 Å². The molecule has 4 heteroatoms. The normalized spacial score (nSPS) is 15.8. The monoisotopic (exact) mass is 228 g/mol. The van der Waals surface area contributed by atoms with E-state index < -0.39 is 0 Å². The first-order valence-corrected chi connectivity index (χ1v) is 6.25. The highest BCUT2D eigenvalue weighted by atomic mass is 15.2. The van der Waals surface area contributed by atoms with Crippen LogP contribution >= 0.6 is 0 Å². The highest BCUT2D eigenvalue weighted by Crippen LogP contribution is 2.28. The Hall–Kier alpha value is -1.71. The minimum atomic E-state index is 0.642. The zero-order valence-corrected chi connectivity index (χ0v) is 9.76. The Balaban J connectivity index is 1.63. The molecule has 88 valence electrons. The summed E-state index contributed by atoms with van der Waals surface area (Å²) in [5, 5.41) is 11.5. The van der Waals surface area contributed by atoms with E-state index in [0.717, 1.165) is 23.5 Å². The average Bonchev–Trinajstić information content (AvgIpc) is 2.32. The number of para-hydroxylation sites is 1. The van der Waals surface area contributed by atoms with Crippen LogP contribution in [0.2, 0.25) is 0 Å². The Bertz CT molecular complexity index is 508. The number of aromatic nitrogens is 3. The lowest BCUT2D eigenvalue weighted by Crippen LogP contribution is -2.16. The SMILES string of the molecule is c1ccc2nc(NCCC3CCC3)nnc2c1. The Morgan fingerprint density at radius 3 is 2.71 bits per heavy atom. The fourth-order valence-corrected chi connectivity index (χ4v) is 2.13. The predicted octanol–water partition coefficient (Wildman–Crippen LogP) is 2.63. The van der Waals surface area contributed by atoms with Gasteiger partial charge in [0.05, 0.1) is 5.52 Å². The van der Waals surface area contributed by atoms with Gasteiger partial charge in [0.25, 0.3) is 0 Å². The minimum Gasteiger partial charge on any atom is -0.353 e. The van der Waals surface area contributed by atoms with Crippen LogP contribution in [0, 0.1) is 5.92 Å². The first kappa shape index (κ1) is 10.4. The Kier molecular flexibility index (Phi) is 2.86. The molecule has 0 amide bonds. The molecule has 4 nitrogen and oxygen atoms in total. The van der Waals surface area contributed by atoms with Gasteiger partial charge in [-0.15, -0.1) is 10.2 Å². The van der Waals surface area contributed by atoms with Crippen LogP contribution in [0.3, 0.4) is 0 Å². The minimum absolute atomic E-state index is 0.642. The maximum absolute atomic E-state index is 4.43. The summed E-state index contributed by atoms with van der Waals surface area (Å²) in [6.45, 7) is 0.949. The summed E-state index contributed by atoms with van der Waals surface area (Å²) in [5.41, 5.74) is 1.74. The van der Waals surface area contributed by atoms with E-state index in [-0.39, 0.29) is 0 Å². The summed E-state index contributed by atoms with van der Waals surface area (Å²) in [7, 11) is 0. The van der Waals surface area contributed by atoms with E-state index in [4.69, 9.17) is 0 Å². The largest absolute Gasteiger partial charge is 0.353 e. The van der Waals surface area contributed by atoms with E-state index in [1.165, 1.54) is 25.7 Å².